The number of hydrazone groups is 2. The van der Waals surface area contributed by atoms with Crippen molar-refractivity contribution in [2.24, 2.45) is 10.2 Å². The molecule has 0 radical (unpaired) electrons. The van der Waals surface area contributed by atoms with Crippen LogP contribution in [-0.2, 0) is 0 Å². The van der Waals surface area contributed by atoms with E-state index in [-0.39, 0.29) is 11.8 Å². The van der Waals surface area contributed by atoms with Crippen LogP contribution in [0.25, 0.3) is 11.1 Å². The minimum Gasteiger partial charge on any atom is -0.486 e. The molecule has 0 aromatic heterocycles. The zero-order valence-corrected chi connectivity index (χ0v) is 22.4. The highest BCUT2D eigenvalue weighted by Gasteiger charge is 2.13. The van der Waals surface area contributed by atoms with E-state index in [4.69, 9.17) is 18.9 Å². The van der Waals surface area contributed by atoms with Gasteiger partial charge in [-0.25, -0.2) is 10.9 Å². The van der Waals surface area contributed by atoms with E-state index in [0.717, 1.165) is 22.3 Å². The van der Waals surface area contributed by atoms with E-state index >= 15 is 0 Å². The molecule has 0 bridgehead atoms. The van der Waals surface area contributed by atoms with Gasteiger partial charge in [-0.2, -0.15) is 10.2 Å². The fourth-order valence-corrected chi connectivity index (χ4v) is 4.37. The molecular weight excluding hydrogens is 536 g/mol. The van der Waals surface area contributed by atoms with Crippen LogP contribution in [0.3, 0.4) is 0 Å². The van der Waals surface area contributed by atoms with Gasteiger partial charge in [0.25, 0.3) is 11.8 Å². The number of nitrogens with one attached hydrogen (secondary N) is 2. The van der Waals surface area contributed by atoms with Crippen LogP contribution in [0.2, 0.25) is 0 Å². The lowest BCUT2D eigenvalue weighted by atomic mass is 10.0. The van der Waals surface area contributed by atoms with Crippen LogP contribution >= 0.6 is 0 Å². The number of amides is 2. The Labute approximate surface area is 241 Å². The Kier molecular flexibility index (Phi) is 7.76. The smallest absolute Gasteiger partial charge is 0.271 e. The van der Waals surface area contributed by atoms with Crippen LogP contribution in [0, 0.1) is 0 Å². The van der Waals surface area contributed by atoms with Gasteiger partial charge in [-0.05, 0) is 82.9 Å². The summed E-state index contributed by atoms with van der Waals surface area (Å²) in [7, 11) is 0. The fraction of sp³-hybridized carbons (Fsp3) is 0.125. The van der Waals surface area contributed by atoms with E-state index in [0.29, 0.717) is 60.6 Å². The SMILES string of the molecule is O=C(N/N=C/c1ccc2c(c1)OCCO2)c1ccc(-c2ccc(C(=O)N/N=C/c3ccc4c(c3)OCCO4)cc2)cc1. The lowest BCUT2D eigenvalue weighted by Crippen LogP contribution is -2.18. The molecule has 2 amide bonds. The molecule has 6 rings (SSSR count). The Morgan fingerprint density at radius 1 is 0.524 bits per heavy atom. The molecule has 4 aromatic rings. The maximum absolute atomic E-state index is 12.5. The van der Waals surface area contributed by atoms with Crippen molar-refractivity contribution in [3.8, 4) is 34.1 Å². The number of carbonyl (C=O) groups is 2. The predicted octanol–water partition coefficient (Wildman–Crippen LogP) is 4.42. The van der Waals surface area contributed by atoms with Crippen LogP contribution < -0.4 is 29.8 Å². The van der Waals surface area contributed by atoms with E-state index in [1.165, 1.54) is 0 Å². The van der Waals surface area contributed by atoms with Crippen molar-refractivity contribution in [1.82, 2.24) is 10.9 Å². The number of hydrogen-bond acceptors (Lipinski definition) is 8. The van der Waals surface area contributed by atoms with Crippen LogP contribution in [0.1, 0.15) is 31.8 Å². The number of benzene rings is 4. The molecule has 2 N–H and O–H groups in total. The van der Waals surface area contributed by atoms with Crippen LogP contribution in [0.15, 0.2) is 95.1 Å². The maximum atomic E-state index is 12.5. The molecular formula is C32H26N4O6. The van der Waals surface area contributed by atoms with Gasteiger partial charge in [0.2, 0.25) is 0 Å². The van der Waals surface area contributed by atoms with Crippen molar-refractivity contribution in [3.63, 3.8) is 0 Å². The molecule has 0 saturated heterocycles. The standard InChI is InChI=1S/C32H26N4O6/c37-31(35-33-19-21-1-11-27-29(17-21)41-15-13-39-27)25-7-3-23(4-8-25)24-5-9-26(10-6-24)32(38)36-34-20-22-2-12-28-30(18-22)42-16-14-40-28/h1-12,17-20H,13-16H2,(H,35,37)(H,36,38)/b33-19+,34-20+. The topological polar surface area (TPSA) is 120 Å². The zero-order chi connectivity index (χ0) is 28.7. The lowest BCUT2D eigenvalue weighted by Gasteiger charge is -2.18. The first-order valence-electron chi connectivity index (χ1n) is 13.3. The summed E-state index contributed by atoms with van der Waals surface area (Å²) in [6, 6.07) is 25.1. The first-order valence-corrected chi connectivity index (χ1v) is 13.3. The van der Waals surface area contributed by atoms with Crippen molar-refractivity contribution >= 4 is 24.2 Å². The number of carbonyl (C=O) groups excluding carboxylic acids is 2. The summed E-state index contributed by atoms with van der Waals surface area (Å²) in [5.74, 6) is 2.03. The normalized spacial score (nSPS) is 13.6. The van der Waals surface area contributed by atoms with E-state index in [1.807, 2.05) is 60.7 Å². The number of fused-ring (bicyclic) bond motifs is 2. The highest BCUT2D eigenvalue weighted by atomic mass is 16.6. The summed E-state index contributed by atoms with van der Waals surface area (Å²) in [5, 5.41) is 8.10. The van der Waals surface area contributed by atoms with Gasteiger partial charge in [0.15, 0.2) is 23.0 Å². The molecule has 10 heteroatoms. The summed E-state index contributed by atoms with van der Waals surface area (Å²) >= 11 is 0. The highest BCUT2D eigenvalue weighted by Crippen LogP contribution is 2.31. The van der Waals surface area contributed by atoms with Gasteiger partial charge < -0.3 is 18.9 Å². The predicted molar refractivity (Wildman–Crippen MR) is 157 cm³/mol. The minimum absolute atomic E-state index is 0.334. The van der Waals surface area contributed by atoms with Crippen molar-refractivity contribution in [3.05, 3.63) is 107 Å². The minimum atomic E-state index is -0.334. The molecule has 2 aliphatic rings. The molecule has 0 aliphatic carbocycles. The number of rotatable bonds is 7. The molecule has 0 fully saturated rings. The van der Waals surface area contributed by atoms with E-state index in [2.05, 4.69) is 21.1 Å². The van der Waals surface area contributed by atoms with Gasteiger partial charge in [-0.1, -0.05) is 24.3 Å². The van der Waals surface area contributed by atoms with E-state index in [9.17, 15) is 9.59 Å². The average molecular weight is 563 g/mol. The second-order valence-corrected chi connectivity index (χ2v) is 9.36. The van der Waals surface area contributed by atoms with E-state index < -0.39 is 0 Å². The fourth-order valence-electron chi connectivity index (χ4n) is 4.37. The number of nitrogens with zero attached hydrogens (tertiary/aromatic N) is 2. The highest BCUT2D eigenvalue weighted by molar-refractivity contribution is 5.96. The molecule has 0 unspecified atom stereocenters. The van der Waals surface area contributed by atoms with Gasteiger partial charge in [-0.3, -0.25) is 9.59 Å². The first-order chi connectivity index (χ1) is 20.6. The van der Waals surface area contributed by atoms with Gasteiger partial charge >= 0.3 is 0 Å². The summed E-state index contributed by atoms with van der Waals surface area (Å²) in [4.78, 5) is 25.1. The second kappa shape index (κ2) is 12.3. The summed E-state index contributed by atoms with van der Waals surface area (Å²) < 4.78 is 22.2. The Morgan fingerprint density at radius 3 is 1.31 bits per heavy atom. The summed E-state index contributed by atoms with van der Waals surface area (Å²) in [6.45, 7) is 2.05. The number of ether oxygens (including phenoxy) is 4. The third-order valence-corrected chi connectivity index (χ3v) is 6.52. The third kappa shape index (κ3) is 6.23. The van der Waals surface area contributed by atoms with Crippen molar-refractivity contribution in [2.75, 3.05) is 26.4 Å². The molecule has 4 aromatic carbocycles. The third-order valence-electron chi connectivity index (χ3n) is 6.52. The molecule has 0 saturated carbocycles. The van der Waals surface area contributed by atoms with E-state index in [1.54, 1.807) is 36.7 Å². The molecule has 10 nitrogen and oxygen atoms in total. The van der Waals surface area contributed by atoms with Gasteiger partial charge in [0, 0.05) is 11.1 Å². The largest absolute Gasteiger partial charge is 0.486 e. The summed E-state index contributed by atoms with van der Waals surface area (Å²) in [6.07, 6.45) is 3.10. The maximum Gasteiger partial charge on any atom is 0.271 e. The lowest BCUT2D eigenvalue weighted by molar-refractivity contribution is 0.0947. The molecule has 210 valence electrons. The van der Waals surface area contributed by atoms with Crippen LogP contribution in [0.5, 0.6) is 23.0 Å². The van der Waals surface area contributed by atoms with Crippen LogP contribution in [-0.4, -0.2) is 50.7 Å². The average Bonchev–Trinajstić information content (AvgIpc) is 3.04. The second-order valence-electron chi connectivity index (χ2n) is 9.36. The quantitative estimate of drug-likeness (QED) is 0.254. The van der Waals surface area contributed by atoms with Crippen molar-refractivity contribution < 1.29 is 28.5 Å². The van der Waals surface area contributed by atoms with Crippen molar-refractivity contribution in [1.29, 1.82) is 0 Å². The first kappa shape index (κ1) is 26.6. The monoisotopic (exact) mass is 562 g/mol. The van der Waals surface area contributed by atoms with Crippen LogP contribution in [0.4, 0.5) is 0 Å². The molecule has 2 aliphatic heterocycles. The molecule has 0 atom stereocenters. The Balaban J connectivity index is 1.02. The molecule has 0 spiro atoms. The summed E-state index contributed by atoms with van der Waals surface area (Å²) in [5.41, 5.74) is 9.35. The van der Waals surface area contributed by atoms with Crippen molar-refractivity contribution in [2.45, 2.75) is 0 Å². The Morgan fingerprint density at radius 2 is 0.905 bits per heavy atom. The molecule has 42 heavy (non-hydrogen) atoms. The zero-order valence-electron chi connectivity index (χ0n) is 22.4. The van der Waals surface area contributed by atoms with Gasteiger partial charge in [-0.15, -0.1) is 0 Å². The Hall–Kier alpha value is -5.64. The van der Waals surface area contributed by atoms with Gasteiger partial charge in [0.1, 0.15) is 26.4 Å². The number of hydrogen-bond donors (Lipinski definition) is 2. The Bertz CT molecular complexity index is 1540. The van der Waals surface area contributed by atoms with Gasteiger partial charge in [0.05, 0.1) is 12.4 Å². The molecule has 2 heterocycles.